The molecule has 3 nitrogen and oxygen atoms in total. The van der Waals surface area contributed by atoms with E-state index in [0.29, 0.717) is 0 Å². The Morgan fingerprint density at radius 3 is 2.50 bits per heavy atom. The summed E-state index contributed by atoms with van der Waals surface area (Å²) in [6.07, 6.45) is 1.27. The molecule has 3 rings (SSSR count). The molecular weight excluding hydrogens is 248 g/mol. The van der Waals surface area contributed by atoms with Crippen LogP contribution in [0.3, 0.4) is 0 Å². The van der Waals surface area contributed by atoms with Gasteiger partial charge in [0.15, 0.2) is 0 Å². The molecule has 0 aliphatic heterocycles. The van der Waals surface area contributed by atoms with Crippen LogP contribution in [0.5, 0.6) is 0 Å². The SMILES string of the molecule is Cc1ccc(C(O)C(C)n2ncc3ccccc32)cc1. The van der Waals surface area contributed by atoms with Crippen LogP contribution >= 0.6 is 0 Å². The molecule has 1 heterocycles. The van der Waals surface area contributed by atoms with Gasteiger partial charge < -0.3 is 5.11 Å². The predicted molar refractivity (Wildman–Crippen MR) is 80.6 cm³/mol. The van der Waals surface area contributed by atoms with E-state index in [-0.39, 0.29) is 6.04 Å². The second-order valence-electron chi connectivity index (χ2n) is 5.24. The van der Waals surface area contributed by atoms with E-state index in [1.807, 2.05) is 73.3 Å². The van der Waals surface area contributed by atoms with Crippen LogP contribution in [0.25, 0.3) is 10.9 Å². The average Bonchev–Trinajstić information content (AvgIpc) is 2.90. The van der Waals surface area contributed by atoms with Gasteiger partial charge in [0.05, 0.1) is 17.8 Å². The summed E-state index contributed by atoms with van der Waals surface area (Å²) in [7, 11) is 0. The number of aliphatic hydroxyl groups excluding tert-OH is 1. The molecule has 0 aliphatic carbocycles. The fourth-order valence-electron chi connectivity index (χ4n) is 2.49. The summed E-state index contributed by atoms with van der Waals surface area (Å²) in [5.74, 6) is 0. The minimum atomic E-state index is -0.570. The topological polar surface area (TPSA) is 38.0 Å². The molecule has 0 spiro atoms. The zero-order chi connectivity index (χ0) is 14.1. The Morgan fingerprint density at radius 1 is 1.05 bits per heavy atom. The van der Waals surface area contributed by atoms with Gasteiger partial charge in [-0.15, -0.1) is 0 Å². The second-order valence-corrected chi connectivity index (χ2v) is 5.24. The average molecular weight is 266 g/mol. The van der Waals surface area contributed by atoms with Gasteiger partial charge in [0, 0.05) is 5.39 Å². The summed E-state index contributed by atoms with van der Waals surface area (Å²) in [6, 6.07) is 15.9. The zero-order valence-corrected chi connectivity index (χ0v) is 11.7. The third kappa shape index (κ3) is 2.21. The first-order valence-electron chi connectivity index (χ1n) is 6.83. The monoisotopic (exact) mass is 266 g/mol. The summed E-state index contributed by atoms with van der Waals surface area (Å²) in [4.78, 5) is 0. The van der Waals surface area contributed by atoms with Crippen LogP contribution in [0, 0.1) is 6.92 Å². The maximum Gasteiger partial charge on any atom is 0.101 e. The van der Waals surface area contributed by atoms with Crippen LogP contribution in [-0.2, 0) is 0 Å². The standard InChI is InChI=1S/C17H18N2O/c1-12-7-9-14(10-8-12)17(20)13(2)19-16-6-4-3-5-15(16)11-18-19/h3-11,13,17,20H,1-2H3. The Balaban J connectivity index is 1.95. The Labute approximate surface area is 118 Å². The molecule has 2 unspecified atom stereocenters. The third-order valence-corrected chi connectivity index (χ3v) is 3.77. The van der Waals surface area contributed by atoms with Gasteiger partial charge in [0.1, 0.15) is 6.10 Å². The normalized spacial score (nSPS) is 14.3. The maximum absolute atomic E-state index is 10.6. The number of fused-ring (bicyclic) bond motifs is 1. The number of hydrogen-bond donors (Lipinski definition) is 1. The van der Waals surface area contributed by atoms with Crippen LogP contribution < -0.4 is 0 Å². The van der Waals surface area contributed by atoms with Gasteiger partial charge >= 0.3 is 0 Å². The van der Waals surface area contributed by atoms with E-state index in [9.17, 15) is 5.11 Å². The molecule has 0 saturated heterocycles. The van der Waals surface area contributed by atoms with E-state index in [0.717, 1.165) is 16.5 Å². The highest BCUT2D eigenvalue weighted by molar-refractivity contribution is 5.78. The van der Waals surface area contributed by atoms with Gasteiger partial charge in [-0.25, -0.2) is 0 Å². The molecule has 2 aromatic carbocycles. The van der Waals surface area contributed by atoms with E-state index in [1.165, 1.54) is 5.56 Å². The molecule has 102 valence electrons. The molecule has 0 radical (unpaired) electrons. The molecule has 0 fully saturated rings. The largest absolute Gasteiger partial charge is 0.386 e. The number of aryl methyl sites for hydroxylation is 1. The fraction of sp³-hybridized carbons (Fsp3) is 0.235. The molecule has 0 amide bonds. The van der Waals surface area contributed by atoms with Gasteiger partial charge in [-0.2, -0.15) is 5.10 Å². The van der Waals surface area contributed by atoms with E-state index in [4.69, 9.17) is 0 Å². The smallest absolute Gasteiger partial charge is 0.101 e. The van der Waals surface area contributed by atoms with Gasteiger partial charge in [0.2, 0.25) is 0 Å². The van der Waals surface area contributed by atoms with E-state index in [2.05, 4.69) is 5.10 Å². The lowest BCUT2D eigenvalue weighted by atomic mass is 10.0. The molecule has 0 bridgehead atoms. The van der Waals surface area contributed by atoms with E-state index in [1.54, 1.807) is 0 Å². The number of para-hydroxylation sites is 1. The Morgan fingerprint density at radius 2 is 1.75 bits per heavy atom. The lowest BCUT2D eigenvalue weighted by Crippen LogP contribution is -2.15. The van der Waals surface area contributed by atoms with E-state index >= 15 is 0 Å². The molecule has 3 heteroatoms. The summed E-state index contributed by atoms with van der Waals surface area (Å²) in [5, 5.41) is 16.1. The first-order chi connectivity index (χ1) is 9.66. The molecular formula is C17H18N2O. The number of aliphatic hydroxyl groups is 1. The molecule has 1 N–H and O–H groups in total. The molecule has 3 aromatic rings. The van der Waals surface area contributed by atoms with Crippen LogP contribution in [0.2, 0.25) is 0 Å². The lowest BCUT2D eigenvalue weighted by Gasteiger charge is -2.20. The fourth-order valence-corrected chi connectivity index (χ4v) is 2.49. The van der Waals surface area contributed by atoms with Crippen molar-refractivity contribution in [1.29, 1.82) is 0 Å². The van der Waals surface area contributed by atoms with Crippen molar-refractivity contribution in [3.8, 4) is 0 Å². The second kappa shape index (κ2) is 5.10. The summed E-state index contributed by atoms with van der Waals surface area (Å²) < 4.78 is 1.89. The third-order valence-electron chi connectivity index (χ3n) is 3.77. The Kier molecular flexibility index (Phi) is 3.28. The van der Waals surface area contributed by atoms with Crippen molar-refractivity contribution in [2.24, 2.45) is 0 Å². The molecule has 20 heavy (non-hydrogen) atoms. The van der Waals surface area contributed by atoms with Gasteiger partial charge in [0.25, 0.3) is 0 Å². The Bertz CT molecular complexity index is 715. The Hall–Kier alpha value is -2.13. The van der Waals surface area contributed by atoms with Gasteiger partial charge in [-0.3, -0.25) is 4.68 Å². The number of nitrogens with zero attached hydrogens (tertiary/aromatic N) is 2. The van der Waals surface area contributed by atoms with Gasteiger partial charge in [-0.05, 0) is 25.5 Å². The van der Waals surface area contributed by atoms with Crippen molar-refractivity contribution in [2.45, 2.75) is 26.0 Å². The van der Waals surface area contributed by atoms with Crippen molar-refractivity contribution < 1.29 is 5.11 Å². The first kappa shape index (κ1) is 12.9. The van der Waals surface area contributed by atoms with Crippen molar-refractivity contribution in [3.05, 3.63) is 65.9 Å². The molecule has 0 aliphatic rings. The number of benzene rings is 2. The summed E-state index contributed by atoms with van der Waals surface area (Å²) in [5.41, 5.74) is 3.16. The highest BCUT2D eigenvalue weighted by atomic mass is 16.3. The van der Waals surface area contributed by atoms with E-state index < -0.39 is 6.10 Å². The number of hydrogen-bond acceptors (Lipinski definition) is 2. The maximum atomic E-state index is 10.6. The van der Waals surface area contributed by atoms with Crippen molar-refractivity contribution in [2.75, 3.05) is 0 Å². The first-order valence-corrected chi connectivity index (χ1v) is 6.83. The lowest BCUT2D eigenvalue weighted by molar-refractivity contribution is 0.118. The van der Waals surface area contributed by atoms with Crippen LogP contribution in [0.1, 0.15) is 30.2 Å². The van der Waals surface area contributed by atoms with Crippen molar-refractivity contribution >= 4 is 10.9 Å². The highest BCUT2D eigenvalue weighted by Gasteiger charge is 2.20. The van der Waals surface area contributed by atoms with Crippen molar-refractivity contribution in [3.63, 3.8) is 0 Å². The quantitative estimate of drug-likeness (QED) is 0.786. The van der Waals surface area contributed by atoms with Crippen molar-refractivity contribution in [1.82, 2.24) is 9.78 Å². The van der Waals surface area contributed by atoms with Crippen LogP contribution in [0.15, 0.2) is 54.7 Å². The van der Waals surface area contributed by atoms with Crippen LogP contribution in [0.4, 0.5) is 0 Å². The molecule has 2 atom stereocenters. The minimum absolute atomic E-state index is 0.113. The van der Waals surface area contributed by atoms with Gasteiger partial charge in [-0.1, -0.05) is 48.0 Å². The summed E-state index contributed by atoms with van der Waals surface area (Å²) in [6.45, 7) is 4.03. The minimum Gasteiger partial charge on any atom is -0.386 e. The predicted octanol–water partition coefficient (Wildman–Crippen LogP) is 3.64. The molecule has 1 aromatic heterocycles. The molecule has 0 saturated carbocycles. The highest BCUT2D eigenvalue weighted by Crippen LogP contribution is 2.28. The summed E-state index contributed by atoms with van der Waals surface area (Å²) >= 11 is 0. The van der Waals surface area contributed by atoms with Crippen LogP contribution in [-0.4, -0.2) is 14.9 Å². The number of rotatable bonds is 3. The zero-order valence-electron chi connectivity index (χ0n) is 11.7. The number of aromatic nitrogens is 2.